The highest BCUT2D eigenvalue weighted by atomic mass is 16.7. The molecule has 4 N–H and O–H groups in total. The van der Waals surface area contributed by atoms with Crippen molar-refractivity contribution in [3.05, 3.63) is 119 Å². The van der Waals surface area contributed by atoms with Crippen LogP contribution >= 0.6 is 0 Å². The van der Waals surface area contributed by atoms with Crippen LogP contribution in [0.5, 0.6) is 23.0 Å². The van der Waals surface area contributed by atoms with Gasteiger partial charge in [-0.05, 0) is 58.7 Å². The Labute approximate surface area is 298 Å². The minimum Gasteiger partial charge on any atom is -0.468 e. The number of hydrogen-bond donors (Lipinski definition) is 4. The van der Waals surface area contributed by atoms with Gasteiger partial charge in [0, 0.05) is 46.0 Å². The molecule has 6 aromatic rings. The maximum absolute atomic E-state index is 12.3. The number of aromatic nitrogens is 2. The van der Waals surface area contributed by atoms with Crippen LogP contribution in [0.15, 0.2) is 84.9 Å². The van der Waals surface area contributed by atoms with E-state index in [4.69, 9.17) is 28.4 Å². The Hall–Kier alpha value is -5.98. The lowest BCUT2D eigenvalue weighted by atomic mass is 9.90. The minimum atomic E-state index is -0.401. The zero-order valence-corrected chi connectivity index (χ0v) is 28.5. The van der Waals surface area contributed by atoms with Crippen molar-refractivity contribution in [2.75, 3.05) is 27.8 Å². The molecule has 4 aromatic carbocycles. The zero-order valence-electron chi connectivity index (χ0n) is 28.5. The molecular formula is C40H36N4O8. The van der Waals surface area contributed by atoms with Crippen LogP contribution in [0, 0.1) is 0 Å². The van der Waals surface area contributed by atoms with E-state index in [0.717, 1.165) is 78.4 Å². The molecular weight excluding hydrogens is 664 g/mol. The maximum Gasteiger partial charge on any atom is 0.323 e. The average molecular weight is 701 g/mol. The zero-order chi connectivity index (χ0) is 35.3. The molecule has 10 rings (SSSR count). The quantitative estimate of drug-likeness (QED) is 0.178. The number of nitrogens with one attached hydrogen (secondary N) is 4. The van der Waals surface area contributed by atoms with Gasteiger partial charge in [-0.3, -0.25) is 20.2 Å². The molecule has 6 heterocycles. The molecule has 4 atom stereocenters. The molecule has 4 aliphatic heterocycles. The fraction of sp³-hybridized carbons (Fsp3) is 0.250. The number of aromatic amines is 2. The van der Waals surface area contributed by atoms with Crippen LogP contribution in [-0.4, -0.2) is 61.8 Å². The number of para-hydroxylation sites is 2. The van der Waals surface area contributed by atoms with E-state index in [0.29, 0.717) is 12.8 Å². The number of methoxy groups -OCH3 is 2. The van der Waals surface area contributed by atoms with Gasteiger partial charge in [-0.2, -0.15) is 0 Å². The van der Waals surface area contributed by atoms with Crippen LogP contribution in [0.1, 0.15) is 45.7 Å². The summed E-state index contributed by atoms with van der Waals surface area (Å²) < 4.78 is 31.9. The van der Waals surface area contributed by atoms with Crippen molar-refractivity contribution in [3.8, 4) is 23.0 Å². The van der Waals surface area contributed by atoms with Crippen LogP contribution in [0.2, 0.25) is 0 Å². The van der Waals surface area contributed by atoms with Gasteiger partial charge in [-0.1, -0.05) is 48.5 Å². The third-order valence-corrected chi connectivity index (χ3v) is 10.3. The summed E-state index contributed by atoms with van der Waals surface area (Å²) in [5.74, 6) is 2.42. The minimum absolute atomic E-state index is 0.162. The molecule has 12 nitrogen and oxygen atoms in total. The number of esters is 2. The predicted octanol–water partition coefficient (Wildman–Crippen LogP) is 5.35. The molecule has 0 saturated carbocycles. The molecule has 264 valence electrons. The van der Waals surface area contributed by atoms with Crippen molar-refractivity contribution in [1.29, 1.82) is 0 Å². The van der Waals surface area contributed by atoms with Crippen molar-refractivity contribution >= 4 is 33.7 Å². The van der Waals surface area contributed by atoms with Gasteiger partial charge in [0.05, 0.1) is 26.3 Å². The topological polar surface area (TPSA) is 145 Å². The molecule has 52 heavy (non-hydrogen) atoms. The van der Waals surface area contributed by atoms with E-state index in [-0.39, 0.29) is 37.6 Å². The van der Waals surface area contributed by atoms with E-state index in [1.165, 1.54) is 14.2 Å². The monoisotopic (exact) mass is 700 g/mol. The standard InChI is InChI=1S/2C20H18N2O4/c2*1-24-20(23)15-9-13-12-4-2-3-5-14(12)21-19(13)18(22-15)11-6-7-16-17(8-11)26-10-25-16/h2*2-8,15,18,21-22H,9-10H2,1H3/t15-,18+;15-,18-/m11/s1. The van der Waals surface area contributed by atoms with E-state index >= 15 is 0 Å². The smallest absolute Gasteiger partial charge is 0.323 e. The van der Waals surface area contributed by atoms with Crippen molar-refractivity contribution in [1.82, 2.24) is 20.6 Å². The van der Waals surface area contributed by atoms with E-state index in [1.54, 1.807) is 0 Å². The Morgan fingerprint density at radius 2 is 1.00 bits per heavy atom. The summed E-state index contributed by atoms with van der Waals surface area (Å²) in [4.78, 5) is 31.6. The normalized spacial score (nSPS) is 20.8. The molecule has 2 aromatic heterocycles. The van der Waals surface area contributed by atoms with Gasteiger partial charge in [-0.25, -0.2) is 0 Å². The molecule has 0 fully saturated rings. The van der Waals surface area contributed by atoms with Gasteiger partial charge < -0.3 is 38.4 Å². The number of benzene rings is 4. The summed E-state index contributed by atoms with van der Waals surface area (Å²) in [5, 5.41) is 9.14. The molecule has 0 spiro atoms. The number of carbonyl (C=O) groups excluding carboxylic acids is 2. The SMILES string of the molecule is COC(=O)[C@H]1Cc2c([nH]c3ccccc23)[C@@H](c2ccc3c(c2)OCO3)N1.COC(=O)[C@H]1Cc2c([nH]c3ccccc23)[C@H](c2ccc3c(c2)OCO3)N1. The first-order valence-corrected chi connectivity index (χ1v) is 17.1. The lowest BCUT2D eigenvalue weighted by Gasteiger charge is -2.30. The maximum atomic E-state index is 12.3. The summed E-state index contributed by atoms with van der Waals surface area (Å²) in [6, 6.07) is 26.9. The molecule has 0 radical (unpaired) electrons. The van der Waals surface area contributed by atoms with Gasteiger partial charge in [0.25, 0.3) is 0 Å². The molecule has 0 saturated heterocycles. The highest BCUT2D eigenvalue weighted by Gasteiger charge is 2.36. The van der Waals surface area contributed by atoms with E-state index in [1.807, 2.05) is 60.7 Å². The summed E-state index contributed by atoms with van der Waals surface area (Å²) in [6.45, 7) is 0.471. The number of rotatable bonds is 4. The average Bonchev–Trinajstić information content (AvgIpc) is 4.00. The largest absolute Gasteiger partial charge is 0.468 e. The second kappa shape index (κ2) is 13.0. The summed E-state index contributed by atoms with van der Waals surface area (Å²) in [7, 11) is 2.84. The Kier molecular flexibility index (Phi) is 7.97. The Morgan fingerprint density at radius 3 is 1.44 bits per heavy atom. The Morgan fingerprint density at radius 1 is 0.577 bits per heavy atom. The van der Waals surface area contributed by atoms with Crippen molar-refractivity contribution in [2.24, 2.45) is 0 Å². The molecule has 0 unspecified atom stereocenters. The predicted molar refractivity (Wildman–Crippen MR) is 191 cm³/mol. The summed E-state index contributed by atoms with van der Waals surface area (Å²) in [5.41, 5.74) is 8.60. The molecule has 4 aliphatic rings. The van der Waals surface area contributed by atoms with Crippen molar-refractivity contribution < 1.29 is 38.0 Å². The Bertz CT molecular complexity index is 2180. The molecule has 0 bridgehead atoms. The van der Waals surface area contributed by atoms with Crippen molar-refractivity contribution in [2.45, 2.75) is 37.0 Å². The number of ether oxygens (including phenoxy) is 6. The summed E-state index contributed by atoms with van der Waals surface area (Å²) in [6.07, 6.45) is 1.18. The lowest BCUT2D eigenvalue weighted by molar-refractivity contribution is -0.144. The highest BCUT2D eigenvalue weighted by Crippen LogP contribution is 2.41. The second-order valence-electron chi connectivity index (χ2n) is 13.1. The number of H-pyrrole nitrogens is 2. The highest BCUT2D eigenvalue weighted by molar-refractivity contribution is 5.88. The van der Waals surface area contributed by atoms with E-state index < -0.39 is 12.1 Å². The fourth-order valence-corrected chi connectivity index (χ4v) is 7.77. The first-order chi connectivity index (χ1) is 25.5. The van der Waals surface area contributed by atoms with Crippen LogP contribution in [0.3, 0.4) is 0 Å². The Balaban J connectivity index is 0.000000138. The molecule has 0 amide bonds. The number of fused-ring (bicyclic) bond motifs is 8. The number of hydrogen-bond acceptors (Lipinski definition) is 10. The van der Waals surface area contributed by atoms with Gasteiger partial charge in [0.2, 0.25) is 13.6 Å². The third-order valence-electron chi connectivity index (χ3n) is 10.3. The van der Waals surface area contributed by atoms with Gasteiger partial charge in [-0.15, -0.1) is 0 Å². The van der Waals surface area contributed by atoms with Crippen LogP contribution in [0.4, 0.5) is 0 Å². The van der Waals surface area contributed by atoms with Crippen molar-refractivity contribution in [3.63, 3.8) is 0 Å². The van der Waals surface area contributed by atoms with E-state index in [2.05, 4.69) is 44.9 Å². The van der Waals surface area contributed by atoms with Gasteiger partial charge in [0.15, 0.2) is 23.0 Å². The first kappa shape index (κ1) is 32.0. The van der Waals surface area contributed by atoms with Crippen LogP contribution < -0.4 is 29.6 Å². The van der Waals surface area contributed by atoms with Gasteiger partial charge in [0.1, 0.15) is 12.1 Å². The molecule has 12 heteroatoms. The van der Waals surface area contributed by atoms with E-state index in [9.17, 15) is 9.59 Å². The van der Waals surface area contributed by atoms with Gasteiger partial charge >= 0.3 is 11.9 Å². The fourth-order valence-electron chi connectivity index (χ4n) is 7.77. The first-order valence-electron chi connectivity index (χ1n) is 17.1. The number of carbonyl (C=O) groups is 2. The van der Waals surface area contributed by atoms with Crippen LogP contribution in [-0.2, 0) is 31.9 Å². The lowest BCUT2D eigenvalue weighted by Crippen LogP contribution is -2.45. The second-order valence-corrected chi connectivity index (χ2v) is 13.1. The van der Waals surface area contributed by atoms with Crippen LogP contribution in [0.25, 0.3) is 21.8 Å². The third kappa shape index (κ3) is 5.47. The molecule has 0 aliphatic carbocycles. The summed E-state index contributed by atoms with van der Waals surface area (Å²) >= 11 is 0.